The van der Waals surface area contributed by atoms with Gasteiger partial charge in [-0.05, 0) is 201 Å². The van der Waals surface area contributed by atoms with Gasteiger partial charge in [-0.25, -0.2) is 0 Å². The second-order valence-electron chi connectivity index (χ2n) is 22.8. The molecule has 0 radical (unpaired) electrons. The highest BCUT2D eigenvalue weighted by Crippen LogP contribution is 2.46. The van der Waals surface area contributed by atoms with Crippen molar-refractivity contribution < 1.29 is 0 Å². The molecule has 72 heavy (non-hydrogen) atoms. The first-order valence-corrected chi connectivity index (χ1v) is 29.5. The number of allylic oxidation sites excluding steroid dienone is 19. The van der Waals surface area contributed by atoms with Crippen LogP contribution in [0, 0.1) is 11.8 Å². The summed E-state index contributed by atoms with van der Waals surface area (Å²) < 4.78 is 0. The Labute approximate surface area is 436 Å². The number of hydrogen-bond acceptors (Lipinski definition) is 2. The van der Waals surface area contributed by atoms with Gasteiger partial charge in [0.15, 0.2) is 0 Å². The van der Waals surface area contributed by atoms with E-state index >= 15 is 0 Å². The Morgan fingerprint density at radius 3 is 2.21 bits per heavy atom. The normalized spacial score (nSPS) is 24.8. The molecule has 2 saturated carbocycles. The van der Waals surface area contributed by atoms with Crippen LogP contribution in [0.1, 0.15) is 216 Å². The number of benzene rings is 1. The third-order valence-electron chi connectivity index (χ3n) is 18.5. The highest BCUT2D eigenvalue weighted by molar-refractivity contribution is 5.75. The summed E-state index contributed by atoms with van der Waals surface area (Å²) in [7, 11) is 0. The summed E-state index contributed by atoms with van der Waals surface area (Å²) in [4.78, 5) is 5.61. The lowest BCUT2D eigenvalue weighted by molar-refractivity contribution is 0.332. The van der Waals surface area contributed by atoms with Crippen LogP contribution in [0.25, 0.3) is 24.3 Å². The van der Waals surface area contributed by atoms with Crippen LogP contribution < -0.4 is 10.4 Å². The first kappa shape index (κ1) is 50.5. The van der Waals surface area contributed by atoms with Crippen LogP contribution in [0.4, 0.5) is 0 Å². The number of nitrogens with zero attached hydrogens (tertiary/aromatic N) is 2. The number of hydrogen-bond donors (Lipinski definition) is 0. The minimum atomic E-state index is 0.218. The zero-order chi connectivity index (χ0) is 49.6. The zero-order valence-electron chi connectivity index (χ0n) is 45.1. The van der Waals surface area contributed by atoms with Gasteiger partial charge in [0, 0.05) is 34.6 Å². The van der Waals surface area contributed by atoms with E-state index in [0.717, 1.165) is 77.0 Å². The molecule has 378 valence electrons. The van der Waals surface area contributed by atoms with E-state index in [1.807, 2.05) is 0 Å². The van der Waals surface area contributed by atoms with Crippen LogP contribution in [-0.2, 0) is 0 Å². The molecule has 0 aromatic heterocycles. The van der Waals surface area contributed by atoms with E-state index < -0.39 is 0 Å². The van der Waals surface area contributed by atoms with E-state index in [9.17, 15) is 0 Å². The molecule has 9 aliphatic carbocycles. The molecular weight excluding hydrogens is 869 g/mol. The van der Waals surface area contributed by atoms with Gasteiger partial charge in [0.2, 0.25) is 0 Å². The summed E-state index contributed by atoms with van der Waals surface area (Å²) in [5.41, 5.74) is 20.9. The van der Waals surface area contributed by atoms with Gasteiger partial charge in [-0.15, -0.1) is 0 Å². The average Bonchev–Trinajstić information content (AvgIpc) is 3.44. The summed E-state index contributed by atoms with van der Waals surface area (Å²) >= 11 is 0. The molecule has 2 nitrogen and oxygen atoms in total. The predicted octanol–water partition coefficient (Wildman–Crippen LogP) is 18.0. The van der Waals surface area contributed by atoms with Crippen molar-refractivity contribution in [1.29, 1.82) is 0 Å². The summed E-state index contributed by atoms with van der Waals surface area (Å²) in [6.07, 6.45) is 73.3. The molecule has 0 heterocycles. The van der Waals surface area contributed by atoms with Crippen LogP contribution in [0.3, 0.4) is 0 Å². The minimum absolute atomic E-state index is 0.218. The molecule has 0 saturated heterocycles. The Balaban J connectivity index is 1.21. The third-order valence-corrected chi connectivity index (χ3v) is 18.5. The van der Waals surface area contributed by atoms with Crippen molar-refractivity contribution in [3.05, 3.63) is 187 Å². The van der Waals surface area contributed by atoms with E-state index in [0.29, 0.717) is 23.7 Å². The maximum absolute atomic E-state index is 5.15. The molecule has 0 bridgehead atoms. The standard InChI is InChI=1S/C70H88N2/c1-7-11-28-52-30-19-22-39-59(52)50(6)71(66(10-4)60-40-23-18-29-51(60)8-2)49(5)47-64-58(9-3)69(55-33-14-12-15-34-55)65-48-57(45-46-63(65)70(64)56-35-16-13-17-36-56)72(67-43-26-37-53-31-20-24-41-61(53)67)68-44-27-38-54-32-21-25-42-62(54)68/h9,18,20-22,24,26,29,31-32,37,39,41,43-44,46-48,53,55-57,61,66H,3,6-8,10-17,19,23,25,27-28,30,33-36,38,40,42,45H2,1-2,4-5H3/b49-47+. The Morgan fingerprint density at radius 2 is 1.46 bits per heavy atom. The van der Waals surface area contributed by atoms with E-state index in [4.69, 9.17) is 13.2 Å². The summed E-state index contributed by atoms with van der Waals surface area (Å²) in [6, 6.07) is 0.466. The van der Waals surface area contributed by atoms with Gasteiger partial charge in [0.25, 0.3) is 0 Å². The van der Waals surface area contributed by atoms with Gasteiger partial charge in [-0.1, -0.05) is 182 Å². The van der Waals surface area contributed by atoms with Crippen molar-refractivity contribution >= 4 is 24.3 Å². The van der Waals surface area contributed by atoms with Crippen LogP contribution in [0.2, 0.25) is 0 Å². The van der Waals surface area contributed by atoms with Crippen molar-refractivity contribution in [1.82, 2.24) is 9.80 Å². The van der Waals surface area contributed by atoms with Crippen molar-refractivity contribution in [2.24, 2.45) is 11.8 Å². The first-order valence-electron chi connectivity index (χ1n) is 29.5. The fourth-order valence-corrected chi connectivity index (χ4v) is 15.0. The number of rotatable bonds is 17. The largest absolute Gasteiger partial charge is 0.338 e. The SMILES string of the molecule is C=Cc1c(/C=C(\C)N(C(=C)C2=C(CCCC)CCC=C2)C(CC)C2=C(CC)C=CCC2)c(C2CCCCC2)c2c(c1C1CCCCC1)=CC(N(C1=CCCC3=C1CCC=C3)C1=CC=CC3C=CC=CC13)CC=2. The van der Waals surface area contributed by atoms with Crippen LogP contribution in [0.15, 0.2) is 154 Å². The summed E-state index contributed by atoms with van der Waals surface area (Å²) in [5.74, 6) is 1.76. The summed E-state index contributed by atoms with van der Waals surface area (Å²) in [5, 5.41) is 3.10. The molecule has 4 atom stereocenters. The minimum Gasteiger partial charge on any atom is -0.338 e. The van der Waals surface area contributed by atoms with E-state index in [2.05, 4.69) is 147 Å². The van der Waals surface area contributed by atoms with Gasteiger partial charge in [-0.3, -0.25) is 0 Å². The smallest absolute Gasteiger partial charge is 0.0563 e. The number of fused-ring (bicyclic) bond motifs is 2. The van der Waals surface area contributed by atoms with E-state index in [-0.39, 0.29) is 12.1 Å². The van der Waals surface area contributed by atoms with Gasteiger partial charge in [0.1, 0.15) is 0 Å². The van der Waals surface area contributed by atoms with Gasteiger partial charge < -0.3 is 9.80 Å². The topological polar surface area (TPSA) is 6.48 Å². The van der Waals surface area contributed by atoms with Crippen LogP contribution >= 0.6 is 0 Å². The molecule has 10 rings (SSSR count). The molecule has 0 aliphatic heterocycles. The highest BCUT2D eigenvalue weighted by atomic mass is 15.2. The third kappa shape index (κ3) is 10.1. The fraction of sp³-hybridized carbons (Fsp3) is 0.486. The Morgan fingerprint density at radius 1 is 0.750 bits per heavy atom. The molecule has 0 amide bonds. The highest BCUT2D eigenvalue weighted by Gasteiger charge is 2.37. The second kappa shape index (κ2) is 23.4. The lowest BCUT2D eigenvalue weighted by Crippen LogP contribution is -2.46. The molecule has 0 spiro atoms. The van der Waals surface area contributed by atoms with Gasteiger partial charge >= 0.3 is 0 Å². The van der Waals surface area contributed by atoms with Crippen molar-refractivity contribution in [2.75, 3.05) is 0 Å². The Bertz CT molecular complexity index is 2760. The Hall–Kier alpha value is -5.08. The first-order chi connectivity index (χ1) is 35.4. The second-order valence-corrected chi connectivity index (χ2v) is 22.8. The Kier molecular flexibility index (Phi) is 16.4. The maximum atomic E-state index is 5.15. The molecule has 9 aliphatic rings. The lowest BCUT2D eigenvalue weighted by Gasteiger charge is -2.44. The van der Waals surface area contributed by atoms with Gasteiger partial charge in [-0.2, -0.15) is 0 Å². The molecule has 1 aromatic rings. The number of unbranched alkanes of at least 4 members (excludes halogenated alkanes) is 1. The van der Waals surface area contributed by atoms with E-state index in [1.54, 1.807) is 43.9 Å². The average molecular weight is 957 g/mol. The van der Waals surface area contributed by atoms with Crippen LogP contribution in [-0.4, -0.2) is 21.9 Å². The molecule has 4 unspecified atom stereocenters. The monoisotopic (exact) mass is 957 g/mol. The molecule has 1 aromatic carbocycles. The lowest BCUT2D eigenvalue weighted by atomic mass is 9.73. The zero-order valence-corrected chi connectivity index (χ0v) is 45.1. The molecular formula is C70H88N2. The summed E-state index contributed by atoms with van der Waals surface area (Å²) in [6.45, 7) is 19.6. The van der Waals surface area contributed by atoms with Crippen molar-refractivity contribution in [3.8, 4) is 0 Å². The van der Waals surface area contributed by atoms with E-state index in [1.165, 1.54) is 122 Å². The fourth-order valence-electron chi connectivity index (χ4n) is 15.0. The molecule has 2 heteroatoms. The van der Waals surface area contributed by atoms with Crippen LogP contribution in [0.5, 0.6) is 0 Å². The quantitative estimate of drug-likeness (QED) is 0.154. The maximum Gasteiger partial charge on any atom is 0.0563 e. The van der Waals surface area contributed by atoms with Gasteiger partial charge in [0.05, 0.1) is 12.1 Å². The van der Waals surface area contributed by atoms with Crippen molar-refractivity contribution in [3.63, 3.8) is 0 Å². The molecule has 2 fully saturated rings. The predicted molar refractivity (Wildman–Crippen MR) is 311 cm³/mol. The van der Waals surface area contributed by atoms with Crippen molar-refractivity contribution in [2.45, 2.75) is 206 Å². The molecule has 0 N–H and O–H groups in total.